The van der Waals surface area contributed by atoms with Gasteiger partial charge in [0.15, 0.2) is 0 Å². The van der Waals surface area contributed by atoms with Crippen LogP contribution in [0.5, 0.6) is 5.75 Å². The SMILES string of the molecule is COc1ccc([C@H](C)N)c(/C=C/C2CCC2)c1.Cl. The van der Waals surface area contributed by atoms with Crippen molar-refractivity contribution in [3.8, 4) is 5.75 Å². The number of ether oxygens (including phenoxy) is 1. The van der Waals surface area contributed by atoms with Crippen molar-refractivity contribution in [3.63, 3.8) is 0 Å². The van der Waals surface area contributed by atoms with Gasteiger partial charge < -0.3 is 10.5 Å². The summed E-state index contributed by atoms with van der Waals surface area (Å²) in [5, 5.41) is 0. The van der Waals surface area contributed by atoms with E-state index in [4.69, 9.17) is 10.5 Å². The normalized spacial score (nSPS) is 17.1. The number of nitrogens with two attached hydrogens (primary N) is 1. The van der Waals surface area contributed by atoms with Crippen LogP contribution in [-0.4, -0.2) is 7.11 Å². The van der Waals surface area contributed by atoms with E-state index in [0.29, 0.717) is 0 Å². The maximum absolute atomic E-state index is 5.98. The number of allylic oxidation sites excluding steroid dienone is 1. The van der Waals surface area contributed by atoms with Crippen LogP contribution in [0.1, 0.15) is 43.4 Å². The first-order valence-corrected chi connectivity index (χ1v) is 6.32. The quantitative estimate of drug-likeness (QED) is 0.897. The molecule has 2 nitrogen and oxygen atoms in total. The molecule has 0 aliphatic heterocycles. The highest BCUT2D eigenvalue weighted by molar-refractivity contribution is 5.85. The Balaban J connectivity index is 0.00000162. The molecule has 1 aliphatic rings. The number of rotatable bonds is 4. The molecule has 0 amide bonds. The molecule has 0 aromatic heterocycles. The summed E-state index contributed by atoms with van der Waals surface area (Å²) in [7, 11) is 1.69. The van der Waals surface area contributed by atoms with Crippen molar-refractivity contribution in [2.24, 2.45) is 11.7 Å². The van der Waals surface area contributed by atoms with Gasteiger partial charge >= 0.3 is 0 Å². The molecule has 0 heterocycles. The van der Waals surface area contributed by atoms with Crippen molar-refractivity contribution in [2.75, 3.05) is 7.11 Å². The summed E-state index contributed by atoms with van der Waals surface area (Å²) in [6.45, 7) is 2.02. The van der Waals surface area contributed by atoms with Crippen molar-refractivity contribution in [2.45, 2.75) is 32.2 Å². The number of hydrogen-bond acceptors (Lipinski definition) is 2. The average Bonchev–Trinajstić information content (AvgIpc) is 2.26. The molecule has 18 heavy (non-hydrogen) atoms. The lowest BCUT2D eigenvalue weighted by molar-refractivity contribution is 0.389. The second-order valence-corrected chi connectivity index (χ2v) is 4.83. The maximum Gasteiger partial charge on any atom is 0.119 e. The molecule has 0 saturated heterocycles. The minimum Gasteiger partial charge on any atom is -0.497 e. The molecule has 0 spiro atoms. The lowest BCUT2D eigenvalue weighted by atomic mass is 9.84. The standard InChI is InChI=1S/C15H21NO.ClH/c1-11(16)15-9-8-14(17-2)10-13(15)7-6-12-4-3-5-12;/h6-12H,3-5,16H2,1-2H3;1H/b7-6+;/t11-;/m0./s1. The first-order valence-electron chi connectivity index (χ1n) is 6.32. The Morgan fingerprint density at radius 3 is 2.61 bits per heavy atom. The molecule has 1 saturated carbocycles. The van der Waals surface area contributed by atoms with E-state index >= 15 is 0 Å². The van der Waals surface area contributed by atoms with Crippen LogP contribution in [0.2, 0.25) is 0 Å². The van der Waals surface area contributed by atoms with Gasteiger partial charge in [0, 0.05) is 6.04 Å². The molecular formula is C15H22ClNO. The van der Waals surface area contributed by atoms with Crippen LogP contribution >= 0.6 is 12.4 Å². The Bertz CT molecular complexity index is 411. The van der Waals surface area contributed by atoms with Gasteiger partial charge in [-0.05, 0) is 48.9 Å². The maximum atomic E-state index is 5.98. The van der Waals surface area contributed by atoms with E-state index in [1.807, 2.05) is 13.0 Å². The highest BCUT2D eigenvalue weighted by atomic mass is 35.5. The fourth-order valence-electron chi connectivity index (χ4n) is 2.11. The zero-order valence-corrected chi connectivity index (χ0v) is 11.9. The van der Waals surface area contributed by atoms with Gasteiger partial charge in [0.25, 0.3) is 0 Å². The Labute approximate surface area is 116 Å². The van der Waals surface area contributed by atoms with Crippen LogP contribution in [-0.2, 0) is 0 Å². The molecule has 1 fully saturated rings. The molecule has 2 rings (SSSR count). The number of benzene rings is 1. The van der Waals surface area contributed by atoms with Gasteiger partial charge in [0.2, 0.25) is 0 Å². The van der Waals surface area contributed by atoms with Crippen LogP contribution in [0, 0.1) is 5.92 Å². The predicted molar refractivity (Wildman–Crippen MR) is 79.2 cm³/mol. The Kier molecular flexibility index (Phi) is 5.70. The second kappa shape index (κ2) is 6.81. The highest BCUT2D eigenvalue weighted by Crippen LogP contribution is 2.29. The minimum absolute atomic E-state index is 0. The zero-order valence-electron chi connectivity index (χ0n) is 11.1. The van der Waals surface area contributed by atoms with Gasteiger partial charge in [-0.2, -0.15) is 0 Å². The number of halogens is 1. The van der Waals surface area contributed by atoms with Crippen molar-refractivity contribution < 1.29 is 4.74 Å². The van der Waals surface area contributed by atoms with Gasteiger partial charge in [-0.1, -0.05) is 24.6 Å². The van der Waals surface area contributed by atoms with Gasteiger partial charge in [0.05, 0.1) is 7.11 Å². The van der Waals surface area contributed by atoms with Crippen molar-refractivity contribution in [1.29, 1.82) is 0 Å². The Morgan fingerprint density at radius 1 is 1.39 bits per heavy atom. The first-order chi connectivity index (χ1) is 8.20. The van der Waals surface area contributed by atoms with Crippen LogP contribution in [0.4, 0.5) is 0 Å². The fraction of sp³-hybridized carbons (Fsp3) is 0.467. The van der Waals surface area contributed by atoms with Crippen molar-refractivity contribution >= 4 is 18.5 Å². The van der Waals surface area contributed by atoms with E-state index in [-0.39, 0.29) is 18.4 Å². The molecule has 1 aromatic rings. The van der Waals surface area contributed by atoms with E-state index in [2.05, 4.69) is 24.3 Å². The van der Waals surface area contributed by atoms with E-state index in [1.165, 1.54) is 30.4 Å². The summed E-state index contributed by atoms with van der Waals surface area (Å²) in [6, 6.07) is 6.15. The predicted octanol–water partition coefficient (Wildman–Crippen LogP) is 3.95. The molecule has 2 N–H and O–H groups in total. The molecule has 0 bridgehead atoms. The molecule has 0 unspecified atom stereocenters. The smallest absolute Gasteiger partial charge is 0.119 e. The van der Waals surface area contributed by atoms with Gasteiger partial charge in [-0.15, -0.1) is 12.4 Å². The van der Waals surface area contributed by atoms with Gasteiger partial charge in [0.1, 0.15) is 5.75 Å². The first kappa shape index (κ1) is 15.1. The minimum atomic E-state index is 0. The molecule has 1 aliphatic carbocycles. The van der Waals surface area contributed by atoms with Crippen LogP contribution < -0.4 is 10.5 Å². The fourth-order valence-corrected chi connectivity index (χ4v) is 2.11. The van der Waals surface area contributed by atoms with Crippen molar-refractivity contribution in [3.05, 3.63) is 35.4 Å². The van der Waals surface area contributed by atoms with E-state index in [0.717, 1.165) is 11.7 Å². The largest absolute Gasteiger partial charge is 0.497 e. The monoisotopic (exact) mass is 267 g/mol. The Hall–Kier alpha value is -0.990. The number of methoxy groups -OCH3 is 1. The summed E-state index contributed by atoms with van der Waals surface area (Å²) in [5.74, 6) is 1.66. The summed E-state index contributed by atoms with van der Waals surface area (Å²) < 4.78 is 5.26. The Morgan fingerprint density at radius 2 is 2.11 bits per heavy atom. The van der Waals surface area contributed by atoms with E-state index in [1.54, 1.807) is 7.11 Å². The van der Waals surface area contributed by atoms with Crippen molar-refractivity contribution in [1.82, 2.24) is 0 Å². The number of hydrogen-bond donors (Lipinski definition) is 1. The van der Waals surface area contributed by atoms with Crippen LogP contribution in [0.3, 0.4) is 0 Å². The summed E-state index contributed by atoms with van der Waals surface area (Å²) >= 11 is 0. The second-order valence-electron chi connectivity index (χ2n) is 4.83. The van der Waals surface area contributed by atoms with Crippen LogP contribution in [0.15, 0.2) is 24.3 Å². The molecule has 1 aromatic carbocycles. The average molecular weight is 268 g/mol. The summed E-state index contributed by atoms with van der Waals surface area (Å²) in [6.07, 6.45) is 8.53. The van der Waals surface area contributed by atoms with E-state index < -0.39 is 0 Å². The molecule has 3 heteroatoms. The highest BCUT2D eigenvalue weighted by Gasteiger charge is 2.14. The third kappa shape index (κ3) is 3.50. The van der Waals surface area contributed by atoms with E-state index in [9.17, 15) is 0 Å². The lowest BCUT2D eigenvalue weighted by Gasteiger charge is -2.21. The molecular weight excluding hydrogens is 246 g/mol. The van der Waals surface area contributed by atoms with Gasteiger partial charge in [-0.25, -0.2) is 0 Å². The topological polar surface area (TPSA) is 35.2 Å². The summed E-state index contributed by atoms with van der Waals surface area (Å²) in [5.41, 5.74) is 8.35. The molecule has 1 atom stereocenters. The lowest BCUT2D eigenvalue weighted by Crippen LogP contribution is -2.08. The third-order valence-electron chi connectivity index (χ3n) is 3.48. The van der Waals surface area contributed by atoms with Crippen LogP contribution in [0.25, 0.3) is 6.08 Å². The van der Waals surface area contributed by atoms with Gasteiger partial charge in [-0.3, -0.25) is 0 Å². The molecule has 0 radical (unpaired) electrons. The third-order valence-corrected chi connectivity index (χ3v) is 3.48. The molecule has 100 valence electrons. The summed E-state index contributed by atoms with van der Waals surface area (Å²) in [4.78, 5) is 0. The zero-order chi connectivity index (χ0) is 12.3.